The number of benzene rings is 1. The summed E-state index contributed by atoms with van der Waals surface area (Å²) >= 11 is 1.08. The van der Waals surface area contributed by atoms with E-state index in [9.17, 15) is 14.4 Å². The fourth-order valence-electron chi connectivity index (χ4n) is 2.18. The molecule has 0 heterocycles. The fourth-order valence-corrected chi connectivity index (χ4v) is 3.00. The second-order valence-corrected chi connectivity index (χ2v) is 6.44. The molecule has 1 aromatic rings. The third-order valence-electron chi connectivity index (χ3n) is 3.34. The van der Waals surface area contributed by atoms with Crippen LogP contribution in [0.25, 0.3) is 0 Å². The summed E-state index contributed by atoms with van der Waals surface area (Å²) in [5.74, 6) is -1.74. The minimum Gasteiger partial charge on any atom is -0.466 e. The minimum absolute atomic E-state index is 0.0000189. The van der Waals surface area contributed by atoms with Gasteiger partial charge >= 0.3 is 5.97 Å². The monoisotopic (exact) mass is 322 g/mol. The predicted molar refractivity (Wildman–Crippen MR) is 86.4 cm³/mol. The Morgan fingerprint density at radius 2 is 1.86 bits per heavy atom. The molecule has 0 aliphatic heterocycles. The summed E-state index contributed by atoms with van der Waals surface area (Å²) in [5.41, 5.74) is 0. The van der Waals surface area contributed by atoms with E-state index >= 15 is 0 Å². The zero-order valence-electron chi connectivity index (χ0n) is 13.2. The van der Waals surface area contributed by atoms with Crippen LogP contribution in [0, 0.1) is 17.8 Å². The molecule has 5 heteroatoms. The summed E-state index contributed by atoms with van der Waals surface area (Å²) in [6.45, 7) is 5.67. The highest BCUT2D eigenvalue weighted by atomic mass is 32.2. The molecule has 2 atom stereocenters. The topological polar surface area (TPSA) is 60.4 Å². The van der Waals surface area contributed by atoms with E-state index in [4.69, 9.17) is 4.74 Å². The van der Waals surface area contributed by atoms with Gasteiger partial charge in [-0.05, 0) is 25.0 Å². The number of esters is 1. The standard InChI is InChI=1S/C17H22O4S/c1-4-21-17(20)14(15(11-18)12(2)3)10-16(19)22-13-8-6-5-7-9-13/h5-9,11-12,14-15H,4,10H2,1-3H3/t14-,15+/m1/s1. The van der Waals surface area contributed by atoms with Gasteiger partial charge in [-0.15, -0.1) is 0 Å². The number of hydrogen-bond acceptors (Lipinski definition) is 5. The molecule has 0 unspecified atom stereocenters. The van der Waals surface area contributed by atoms with Gasteiger partial charge in [0.15, 0.2) is 5.12 Å². The van der Waals surface area contributed by atoms with Crippen LogP contribution in [-0.2, 0) is 19.1 Å². The average molecular weight is 322 g/mol. The first-order valence-electron chi connectivity index (χ1n) is 7.37. The minimum atomic E-state index is -0.721. The second-order valence-electron chi connectivity index (χ2n) is 5.31. The molecule has 0 aromatic heterocycles. The average Bonchev–Trinajstić information content (AvgIpc) is 2.47. The van der Waals surface area contributed by atoms with Crippen molar-refractivity contribution >= 4 is 29.1 Å². The smallest absolute Gasteiger partial charge is 0.310 e. The van der Waals surface area contributed by atoms with E-state index in [0.29, 0.717) is 0 Å². The molecule has 4 nitrogen and oxygen atoms in total. The lowest BCUT2D eigenvalue weighted by atomic mass is 9.83. The van der Waals surface area contributed by atoms with Crippen molar-refractivity contribution in [3.8, 4) is 0 Å². The lowest BCUT2D eigenvalue weighted by Crippen LogP contribution is -2.31. The van der Waals surface area contributed by atoms with Crippen LogP contribution in [-0.4, -0.2) is 24.0 Å². The van der Waals surface area contributed by atoms with Crippen LogP contribution >= 0.6 is 11.8 Å². The van der Waals surface area contributed by atoms with E-state index in [0.717, 1.165) is 22.9 Å². The summed E-state index contributed by atoms with van der Waals surface area (Å²) in [5, 5.41) is -0.142. The van der Waals surface area contributed by atoms with Crippen molar-refractivity contribution in [2.75, 3.05) is 6.61 Å². The Morgan fingerprint density at radius 3 is 2.36 bits per heavy atom. The maximum Gasteiger partial charge on any atom is 0.310 e. The van der Waals surface area contributed by atoms with Gasteiger partial charge in [0.1, 0.15) is 6.29 Å². The number of carbonyl (C=O) groups is 3. The quantitative estimate of drug-likeness (QED) is 0.417. The molecule has 0 saturated heterocycles. The molecule has 0 aliphatic carbocycles. The summed E-state index contributed by atoms with van der Waals surface area (Å²) in [7, 11) is 0. The van der Waals surface area contributed by atoms with E-state index < -0.39 is 17.8 Å². The van der Waals surface area contributed by atoms with Crippen molar-refractivity contribution in [2.45, 2.75) is 32.1 Å². The van der Waals surface area contributed by atoms with Gasteiger partial charge in [0.25, 0.3) is 0 Å². The van der Waals surface area contributed by atoms with Crippen LogP contribution in [0.5, 0.6) is 0 Å². The second kappa shape index (κ2) is 9.41. The number of rotatable bonds is 8. The largest absolute Gasteiger partial charge is 0.466 e. The number of hydrogen-bond donors (Lipinski definition) is 0. The van der Waals surface area contributed by atoms with Crippen LogP contribution in [0.3, 0.4) is 0 Å². The maximum absolute atomic E-state index is 12.2. The van der Waals surface area contributed by atoms with Crippen LogP contribution < -0.4 is 0 Å². The summed E-state index contributed by atoms with van der Waals surface area (Å²) in [6.07, 6.45) is 0.757. The van der Waals surface area contributed by atoms with Crippen LogP contribution in [0.15, 0.2) is 35.2 Å². The molecular formula is C17H22O4S. The predicted octanol–water partition coefficient (Wildman–Crippen LogP) is 3.35. The summed E-state index contributed by atoms with van der Waals surface area (Å²) in [6, 6.07) is 9.24. The third-order valence-corrected chi connectivity index (χ3v) is 4.24. The highest BCUT2D eigenvalue weighted by Gasteiger charge is 2.33. The highest BCUT2D eigenvalue weighted by Crippen LogP contribution is 2.28. The Hall–Kier alpha value is -1.62. The van der Waals surface area contributed by atoms with Crippen molar-refractivity contribution in [1.29, 1.82) is 0 Å². The van der Waals surface area contributed by atoms with Crippen molar-refractivity contribution in [2.24, 2.45) is 17.8 Å². The van der Waals surface area contributed by atoms with Gasteiger partial charge < -0.3 is 9.53 Å². The SMILES string of the molecule is CCOC(=O)[C@H](CC(=O)Sc1ccccc1)[C@@H](C=O)C(C)C. The zero-order valence-corrected chi connectivity index (χ0v) is 14.0. The van der Waals surface area contributed by atoms with E-state index in [-0.39, 0.29) is 24.1 Å². The van der Waals surface area contributed by atoms with Gasteiger partial charge in [-0.3, -0.25) is 9.59 Å². The third kappa shape index (κ3) is 5.64. The summed E-state index contributed by atoms with van der Waals surface area (Å²) < 4.78 is 5.03. The zero-order chi connectivity index (χ0) is 16.5. The Kier molecular flexibility index (Phi) is 7.88. The van der Waals surface area contributed by atoms with E-state index in [2.05, 4.69) is 0 Å². The number of ether oxygens (including phenoxy) is 1. The molecular weight excluding hydrogens is 300 g/mol. The molecule has 0 bridgehead atoms. The van der Waals surface area contributed by atoms with Gasteiger partial charge in [0, 0.05) is 17.2 Å². The molecule has 0 amide bonds. The summed E-state index contributed by atoms with van der Waals surface area (Å²) in [4.78, 5) is 36.4. The van der Waals surface area contributed by atoms with Crippen molar-refractivity contribution < 1.29 is 19.1 Å². The molecule has 0 fully saturated rings. The Balaban J connectivity index is 2.81. The molecule has 0 aliphatic rings. The van der Waals surface area contributed by atoms with E-state index in [1.807, 2.05) is 44.2 Å². The van der Waals surface area contributed by atoms with Crippen molar-refractivity contribution in [3.05, 3.63) is 30.3 Å². The fraction of sp³-hybridized carbons (Fsp3) is 0.471. The van der Waals surface area contributed by atoms with Gasteiger partial charge in [-0.1, -0.05) is 43.8 Å². The van der Waals surface area contributed by atoms with Gasteiger partial charge in [-0.25, -0.2) is 0 Å². The lowest BCUT2D eigenvalue weighted by Gasteiger charge is -2.23. The molecule has 1 rings (SSSR count). The molecule has 22 heavy (non-hydrogen) atoms. The lowest BCUT2D eigenvalue weighted by molar-refractivity contribution is -0.153. The maximum atomic E-state index is 12.2. The van der Waals surface area contributed by atoms with Gasteiger partial charge in [-0.2, -0.15) is 0 Å². The van der Waals surface area contributed by atoms with Crippen LogP contribution in [0.4, 0.5) is 0 Å². The van der Waals surface area contributed by atoms with E-state index in [1.54, 1.807) is 6.92 Å². The highest BCUT2D eigenvalue weighted by molar-refractivity contribution is 8.13. The van der Waals surface area contributed by atoms with Crippen LogP contribution in [0.1, 0.15) is 27.2 Å². The van der Waals surface area contributed by atoms with E-state index in [1.165, 1.54) is 0 Å². The Bertz CT molecular complexity index is 499. The first-order valence-corrected chi connectivity index (χ1v) is 8.18. The molecule has 0 radical (unpaired) electrons. The molecule has 120 valence electrons. The first-order chi connectivity index (χ1) is 10.5. The first kappa shape index (κ1) is 18.4. The normalized spacial score (nSPS) is 13.5. The van der Waals surface area contributed by atoms with Crippen LogP contribution in [0.2, 0.25) is 0 Å². The van der Waals surface area contributed by atoms with Gasteiger partial charge in [0.05, 0.1) is 12.5 Å². The number of aldehydes is 1. The Labute approximate surface area is 135 Å². The molecule has 0 spiro atoms. The number of thioether (sulfide) groups is 1. The molecule has 0 saturated carbocycles. The van der Waals surface area contributed by atoms with Crippen molar-refractivity contribution in [3.63, 3.8) is 0 Å². The van der Waals surface area contributed by atoms with Gasteiger partial charge in [0.2, 0.25) is 0 Å². The molecule has 1 aromatic carbocycles. The Morgan fingerprint density at radius 1 is 1.23 bits per heavy atom. The number of carbonyl (C=O) groups excluding carboxylic acids is 3. The van der Waals surface area contributed by atoms with Crippen molar-refractivity contribution in [1.82, 2.24) is 0 Å². The molecule has 0 N–H and O–H groups in total.